The van der Waals surface area contributed by atoms with Crippen LogP contribution in [0.5, 0.6) is 5.75 Å². The van der Waals surface area contributed by atoms with Crippen LogP contribution in [0.1, 0.15) is 19.3 Å². The molecule has 0 saturated carbocycles. The molecule has 1 heterocycles. The molecular formula is C14H21ClN2O3. The van der Waals surface area contributed by atoms with Crippen LogP contribution >= 0.6 is 12.4 Å². The van der Waals surface area contributed by atoms with E-state index in [4.69, 9.17) is 15.2 Å². The fourth-order valence-electron chi connectivity index (χ4n) is 1.95. The van der Waals surface area contributed by atoms with Crippen molar-refractivity contribution >= 4 is 24.0 Å². The van der Waals surface area contributed by atoms with Crippen molar-refractivity contribution < 1.29 is 14.3 Å². The van der Waals surface area contributed by atoms with Crippen molar-refractivity contribution in [3.63, 3.8) is 0 Å². The van der Waals surface area contributed by atoms with E-state index < -0.39 is 0 Å². The summed E-state index contributed by atoms with van der Waals surface area (Å²) in [5, 5.41) is 2.77. The van der Waals surface area contributed by atoms with Crippen molar-refractivity contribution in [1.82, 2.24) is 0 Å². The van der Waals surface area contributed by atoms with Gasteiger partial charge in [0.2, 0.25) is 5.91 Å². The third-order valence-corrected chi connectivity index (χ3v) is 2.97. The summed E-state index contributed by atoms with van der Waals surface area (Å²) in [7, 11) is 0. The van der Waals surface area contributed by atoms with Gasteiger partial charge >= 0.3 is 0 Å². The van der Waals surface area contributed by atoms with Gasteiger partial charge in [-0.3, -0.25) is 4.79 Å². The SMILES string of the molecule is Cl.NCCC(=O)Nc1ccc(OCC2CCCO2)cc1. The number of amides is 1. The monoisotopic (exact) mass is 300 g/mol. The minimum absolute atomic E-state index is 0. The Labute approximate surface area is 125 Å². The smallest absolute Gasteiger partial charge is 0.225 e. The Balaban J connectivity index is 0.00000200. The summed E-state index contributed by atoms with van der Waals surface area (Å²) in [6, 6.07) is 7.32. The molecule has 1 aliphatic rings. The Morgan fingerprint density at radius 1 is 1.40 bits per heavy atom. The van der Waals surface area contributed by atoms with Gasteiger partial charge in [-0.1, -0.05) is 0 Å². The van der Waals surface area contributed by atoms with Crippen LogP contribution in [0.25, 0.3) is 0 Å². The van der Waals surface area contributed by atoms with E-state index in [0.717, 1.165) is 30.9 Å². The van der Waals surface area contributed by atoms with Gasteiger partial charge in [-0.05, 0) is 37.1 Å². The van der Waals surface area contributed by atoms with Gasteiger partial charge in [0.25, 0.3) is 0 Å². The average Bonchev–Trinajstić information content (AvgIpc) is 2.91. The minimum Gasteiger partial charge on any atom is -0.491 e. The molecule has 1 aliphatic heterocycles. The Kier molecular flexibility index (Phi) is 7.36. The van der Waals surface area contributed by atoms with Gasteiger partial charge in [-0.25, -0.2) is 0 Å². The van der Waals surface area contributed by atoms with Gasteiger partial charge < -0.3 is 20.5 Å². The molecule has 1 fully saturated rings. The molecule has 1 amide bonds. The molecule has 1 unspecified atom stereocenters. The Hall–Kier alpha value is -1.30. The van der Waals surface area contributed by atoms with E-state index in [1.165, 1.54) is 0 Å². The summed E-state index contributed by atoms with van der Waals surface area (Å²) in [5.74, 6) is 0.711. The molecule has 2 rings (SSSR count). The number of carbonyl (C=O) groups is 1. The summed E-state index contributed by atoms with van der Waals surface area (Å²) >= 11 is 0. The van der Waals surface area contributed by atoms with Crippen molar-refractivity contribution in [2.24, 2.45) is 5.73 Å². The second kappa shape index (κ2) is 8.79. The largest absolute Gasteiger partial charge is 0.491 e. The molecule has 1 aromatic carbocycles. The van der Waals surface area contributed by atoms with Crippen molar-refractivity contribution in [1.29, 1.82) is 0 Å². The lowest BCUT2D eigenvalue weighted by molar-refractivity contribution is -0.116. The molecule has 112 valence electrons. The summed E-state index contributed by atoms with van der Waals surface area (Å²) in [6.07, 6.45) is 2.72. The molecule has 1 aromatic rings. The van der Waals surface area contributed by atoms with E-state index in [1.807, 2.05) is 24.3 Å². The highest BCUT2D eigenvalue weighted by Crippen LogP contribution is 2.18. The number of carbonyl (C=O) groups excluding carboxylic acids is 1. The molecule has 6 heteroatoms. The van der Waals surface area contributed by atoms with Crippen LogP contribution in [-0.4, -0.2) is 31.8 Å². The van der Waals surface area contributed by atoms with Crippen LogP contribution in [0.15, 0.2) is 24.3 Å². The number of rotatable bonds is 6. The van der Waals surface area contributed by atoms with Gasteiger partial charge in [-0.2, -0.15) is 0 Å². The zero-order valence-electron chi connectivity index (χ0n) is 11.3. The van der Waals surface area contributed by atoms with Gasteiger partial charge in [0.1, 0.15) is 12.4 Å². The van der Waals surface area contributed by atoms with Gasteiger partial charge in [0, 0.05) is 25.3 Å². The first-order valence-electron chi connectivity index (χ1n) is 6.62. The lowest BCUT2D eigenvalue weighted by Crippen LogP contribution is -2.17. The fourth-order valence-corrected chi connectivity index (χ4v) is 1.95. The van der Waals surface area contributed by atoms with E-state index in [9.17, 15) is 4.79 Å². The molecule has 0 spiro atoms. The molecule has 0 aliphatic carbocycles. The highest BCUT2D eigenvalue weighted by atomic mass is 35.5. The Bertz CT molecular complexity index is 405. The fraction of sp³-hybridized carbons (Fsp3) is 0.500. The van der Waals surface area contributed by atoms with E-state index >= 15 is 0 Å². The van der Waals surface area contributed by atoms with Gasteiger partial charge in [0.05, 0.1) is 6.10 Å². The second-order valence-electron chi connectivity index (χ2n) is 4.56. The highest BCUT2D eigenvalue weighted by Gasteiger charge is 2.15. The molecule has 3 N–H and O–H groups in total. The molecule has 0 aromatic heterocycles. The number of benzene rings is 1. The summed E-state index contributed by atoms with van der Waals surface area (Å²) in [6.45, 7) is 1.77. The zero-order valence-corrected chi connectivity index (χ0v) is 12.2. The summed E-state index contributed by atoms with van der Waals surface area (Å²) in [5.41, 5.74) is 6.07. The summed E-state index contributed by atoms with van der Waals surface area (Å²) < 4.78 is 11.1. The first kappa shape index (κ1) is 16.8. The third kappa shape index (κ3) is 5.36. The van der Waals surface area contributed by atoms with Crippen molar-refractivity contribution in [3.05, 3.63) is 24.3 Å². The predicted octanol–water partition coefficient (Wildman–Crippen LogP) is 1.95. The molecule has 1 atom stereocenters. The minimum atomic E-state index is -0.0736. The maximum atomic E-state index is 11.4. The molecule has 20 heavy (non-hydrogen) atoms. The van der Waals surface area contributed by atoms with Gasteiger partial charge in [0.15, 0.2) is 0 Å². The number of anilines is 1. The zero-order chi connectivity index (χ0) is 13.5. The molecule has 5 nitrogen and oxygen atoms in total. The van der Waals surface area contributed by atoms with E-state index in [1.54, 1.807) is 0 Å². The van der Waals surface area contributed by atoms with Crippen LogP contribution in [0, 0.1) is 0 Å². The predicted molar refractivity (Wildman–Crippen MR) is 80.5 cm³/mol. The van der Waals surface area contributed by atoms with E-state index in [0.29, 0.717) is 19.6 Å². The molecule has 0 radical (unpaired) electrons. The first-order valence-corrected chi connectivity index (χ1v) is 6.62. The maximum Gasteiger partial charge on any atom is 0.225 e. The summed E-state index contributed by atoms with van der Waals surface area (Å²) in [4.78, 5) is 11.4. The standard InChI is InChI=1S/C14H20N2O3.ClH/c15-8-7-14(17)16-11-3-5-12(6-4-11)19-10-13-2-1-9-18-13;/h3-6,13H,1-2,7-10,15H2,(H,16,17);1H. The quantitative estimate of drug-likeness (QED) is 0.842. The number of hydrogen-bond donors (Lipinski definition) is 2. The van der Waals surface area contributed by atoms with Crippen molar-refractivity contribution in [2.45, 2.75) is 25.4 Å². The lowest BCUT2D eigenvalue weighted by atomic mass is 10.2. The van der Waals surface area contributed by atoms with E-state index in [-0.39, 0.29) is 24.4 Å². The molecular weight excluding hydrogens is 280 g/mol. The number of nitrogens with one attached hydrogen (secondary N) is 1. The van der Waals surface area contributed by atoms with Crippen LogP contribution < -0.4 is 15.8 Å². The van der Waals surface area contributed by atoms with Crippen LogP contribution in [0.4, 0.5) is 5.69 Å². The van der Waals surface area contributed by atoms with Crippen LogP contribution in [0.3, 0.4) is 0 Å². The van der Waals surface area contributed by atoms with Crippen molar-refractivity contribution in [3.8, 4) is 5.75 Å². The van der Waals surface area contributed by atoms with Gasteiger partial charge in [-0.15, -0.1) is 12.4 Å². The molecule has 1 saturated heterocycles. The number of nitrogens with two attached hydrogens (primary N) is 1. The average molecular weight is 301 g/mol. The number of hydrogen-bond acceptors (Lipinski definition) is 4. The highest BCUT2D eigenvalue weighted by molar-refractivity contribution is 5.90. The Morgan fingerprint density at radius 2 is 2.15 bits per heavy atom. The number of halogens is 1. The normalized spacial score (nSPS) is 17.4. The molecule has 0 bridgehead atoms. The topological polar surface area (TPSA) is 73.6 Å². The Morgan fingerprint density at radius 3 is 2.75 bits per heavy atom. The number of ether oxygens (including phenoxy) is 2. The second-order valence-corrected chi connectivity index (χ2v) is 4.56. The van der Waals surface area contributed by atoms with E-state index in [2.05, 4.69) is 5.32 Å². The first-order chi connectivity index (χ1) is 9.28. The van der Waals surface area contributed by atoms with Crippen molar-refractivity contribution in [2.75, 3.05) is 25.1 Å². The van der Waals surface area contributed by atoms with Crippen LogP contribution in [0.2, 0.25) is 0 Å². The maximum absolute atomic E-state index is 11.4. The lowest BCUT2D eigenvalue weighted by Gasteiger charge is -2.12. The third-order valence-electron chi connectivity index (χ3n) is 2.97. The van der Waals surface area contributed by atoms with Crippen LogP contribution in [-0.2, 0) is 9.53 Å².